The summed E-state index contributed by atoms with van der Waals surface area (Å²) >= 11 is 3.42. The van der Waals surface area contributed by atoms with E-state index in [4.69, 9.17) is 0 Å². The number of benzene rings is 2. The first-order valence-corrected chi connectivity index (χ1v) is 8.59. The fourth-order valence-corrected chi connectivity index (χ4v) is 2.77. The molecule has 0 spiro atoms. The third-order valence-electron chi connectivity index (χ3n) is 3.48. The van der Waals surface area contributed by atoms with Gasteiger partial charge in [-0.15, -0.1) is 10.2 Å². The number of amides is 1. The molecule has 0 aliphatic heterocycles. The first kappa shape index (κ1) is 17.1. The van der Waals surface area contributed by atoms with Gasteiger partial charge in [0.2, 0.25) is 5.91 Å². The smallest absolute Gasteiger partial charge is 0.229 e. The summed E-state index contributed by atoms with van der Waals surface area (Å²) in [7, 11) is 0. The zero-order valence-electron chi connectivity index (χ0n) is 13.7. The molecule has 1 heterocycles. The van der Waals surface area contributed by atoms with E-state index in [0.717, 1.165) is 21.3 Å². The quantitative estimate of drug-likeness (QED) is 0.667. The van der Waals surface area contributed by atoms with Crippen molar-refractivity contribution < 1.29 is 4.79 Å². The molecule has 3 aromatic rings. The summed E-state index contributed by atoms with van der Waals surface area (Å²) < 4.78 is 0.977. The van der Waals surface area contributed by atoms with Gasteiger partial charge in [0.05, 0.1) is 6.42 Å². The highest BCUT2D eigenvalue weighted by Crippen LogP contribution is 2.19. The zero-order valence-corrected chi connectivity index (χ0v) is 15.2. The number of aromatic nitrogens is 2. The van der Waals surface area contributed by atoms with Crippen molar-refractivity contribution in [2.75, 3.05) is 10.6 Å². The molecule has 25 heavy (non-hydrogen) atoms. The van der Waals surface area contributed by atoms with Crippen LogP contribution in [-0.4, -0.2) is 16.1 Å². The van der Waals surface area contributed by atoms with Crippen molar-refractivity contribution in [3.05, 3.63) is 76.3 Å². The summed E-state index contributed by atoms with van der Waals surface area (Å²) in [6.45, 7) is 2.00. The second kappa shape index (κ2) is 7.90. The normalized spacial score (nSPS) is 10.3. The van der Waals surface area contributed by atoms with Gasteiger partial charge in [-0.2, -0.15) is 0 Å². The van der Waals surface area contributed by atoms with E-state index < -0.39 is 0 Å². The van der Waals surface area contributed by atoms with E-state index in [0.29, 0.717) is 18.1 Å². The molecule has 0 aliphatic carbocycles. The molecule has 5 nitrogen and oxygen atoms in total. The van der Waals surface area contributed by atoms with Crippen LogP contribution in [-0.2, 0) is 11.2 Å². The number of nitrogens with one attached hydrogen (secondary N) is 2. The van der Waals surface area contributed by atoms with E-state index in [1.54, 1.807) is 12.1 Å². The molecular formula is C19H17BrN4O. The van der Waals surface area contributed by atoms with Crippen molar-refractivity contribution >= 4 is 39.2 Å². The lowest BCUT2D eigenvalue weighted by molar-refractivity contribution is -0.115. The van der Waals surface area contributed by atoms with Gasteiger partial charge < -0.3 is 10.6 Å². The summed E-state index contributed by atoms with van der Waals surface area (Å²) in [5, 5.41) is 14.0. The predicted molar refractivity (Wildman–Crippen MR) is 103 cm³/mol. The first-order valence-electron chi connectivity index (χ1n) is 7.80. The van der Waals surface area contributed by atoms with E-state index in [-0.39, 0.29) is 5.91 Å². The lowest BCUT2D eigenvalue weighted by Gasteiger charge is -2.07. The van der Waals surface area contributed by atoms with Crippen molar-refractivity contribution in [2.45, 2.75) is 13.3 Å². The Morgan fingerprint density at radius 3 is 2.48 bits per heavy atom. The average Bonchev–Trinajstić information content (AvgIpc) is 2.57. The molecule has 0 fully saturated rings. The number of hydrogen-bond donors (Lipinski definition) is 2. The van der Waals surface area contributed by atoms with E-state index in [9.17, 15) is 4.79 Å². The van der Waals surface area contributed by atoms with Gasteiger partial charge in [0.1, 0.15) is 0 Å². The molecule has 0 bridgehead atoms. The Morgan fingerprint density at radius 1 is 1.00 bits per heavy atom. The predicted octanol–water partition coefficient (Wildman–Crippen LogP) is 4.47. The van der Waals surface area contributed by atoms with Crippen molar-refractivity contribution in [1.82, 2.24) is 10.2 Å². The molecule has 1 amide bonds. The maximum Gasteiger partial charge on any atom is 0.229 e. The fraction of sp³-hybridized carbons (Fsp3) is 0.105. The molecule has 126 valence electrons. The van der Waals surface area contributed by atoms with E-state index in [1.165, 1.54) is 0 Å². The molecule has 0 radical (unpaired) electrons. The van der Waals surface area contributed by atoms with Crippen molar-refractivity contribution in [2.24, 2.45) is 0 Å². The topological polar surface area (TPSA) is 66.9 Å². The van der Waals surface area contributed by atoms with Gasteiger partial charge in [-0.25, -0.2) is 0 Å². The number of aryl methyl sites for hydroxylation is 1. The van der Waals surface area contributed by atoms with Gasteiger partial charge in [0, 0.05) is 10.2 Å². The molecule has 6 heteroatoms. The molecule has 0 unspecified atom stereocenters. The Bertz CT molecular complexity index is 881. The van der Waals surface area contributed by atoms with E-state index in [1.807, 2.05) is 55.5 Å². The minimum atomic E-state index is -0.118. The molecule has 2 N–H and O–H groups in total. The van der Waals surface area contributed by atoms with Gasteiger partial charge in [0.15, 0.2) is 11.6 Å². The van der Waals surface area contributed by atoms with E-state index >= 15 is 0 Å². The lowest BCUT2D eigenvalue weighted by Crippen LogP contribution is -2.15. The molecular weight excluding hydrogens is 380 g/mol. The van der Waals surface area contributed by atoms with Gasteiger partial charge in [-0.1, -0.05) is 51.8 Å². The van der Waals surface area contributed by atoms with Crippen LogP contribution in [0.2, 0.25) is 0 Å². The molecule has 2 aromatic carbocycles. The number of halogens is 1. The van der Waals surface area contributed by atoms with Gasteiger partial charge in [0.25, 0.3) is 0 Å². The largest absolute Gasteiger partial charge is 0.339 e. The third-order valence-corrected chi connectivity index (χ3v) is 3.97. The average molecular weight is 397 g/mol. The highest BCUT2D eigenvalue weighted by atomic mass is 79.9. The Kier molecular flexibility index (Phi) is 5.40. The minimum absolute atomic E-state index is 0.118. The van der Waals surface area contributed by atoms with Crippen LogP contribution in [0, 0.1) is 6.92 Å². The summed E-state index contributed by atoms with van der Waals surface area (Å²) in [6.07, 6.45) is 0.307. The van der Waals surface area contributed by atoms with Crippen LogP contribution in [0.1, 0.15) is 11.1 Å². The van der Waals surface area contributed by atoms with Gasteiger partial charge in [-0.05, 0) is 42.8 Å². The number of hydrogen-bond acceptors (Lipinski definition) is 4. The number of anilines is 3. The Hall–Kier alpha value is -2.73. The fourth-order valence-electron chi connectivity index (χ4n) is 2.37. The van der Waals surface area contributed by atoms with Crippen LogP contribution in [0.25, 0.3) is 0 Å². The minimum Gasteiger partial charge on any atom is -0.339 e. The van der Waals surface area contributed by atoms with Crippen molar-refractivity contribution in [3.63, 3.8) is 0 Å². The summed E-state index contributed by atoms with van der Waals surface area (Å²) in [5.41, 5.74) is 3.01. The molecule has 3 rings (SSSR count). The highest BCUT2D eigenvalue weighted by molar-refractivity contribution is 9.10. The van der Waals surface area contributed by atoms with Crippen LogP contribution < -0.4 is 10.6 Å². The SMILES string of the molecule is Cc1cccc(CC(=O)Nc2ccc(Nc3cccc(Br)c3)nn2)c1. The van der Waals surface area contributed by atoms with Crippen LogP contribution in [0.3, 0.4) is 0 Å². The standard InChI is InChI=1S/C19H17BrN4O/c1-13-4-2-5-14(10-13)11-19(25)22-18-9-8-17(23-24-18)21-16-7-3-6-15(20)12-16/h2-10,12H,11H2,1H3,(H,21,23)(H,22,24,25). The zero-order chi connectivity index (χ0) is 17.6. The Balaban J connectivity index is 1.59. The Labute approximate surface area is 154 Å². The second-order valence-electron chi connectivity index (χ2n) is 5.65. The van der Waals surface area contributed by atoms with Crippen LogP contribution >= 0.6 is 15.9 Å². The number of nitrogens with zero attached hydrogens (tertiary/aromatic N) is 2. The van der Waals surface area contributed by atoms with Crippen molar-refractivity contribution in [3.8, 4) is 0 Å². The molecule has 1 aromatic heterocycles. The van der Waals surface area contributed by atoms with Crippen molar-refractivity contribution in [1.29, 1.82) is 0 Å². The third kappa shape index (κ3) is 5.12. The van der Waals surface area contributed by atoms with Gasteiger partial charge in [-0.3, -0.25) is 4.79 Å². The molecule has 0 saturated heterocycles. The maximum absolute atomic E-state index is 12.1. The molecule has 0 atom stereocenters. The summed E-state index contributed by atoms with van der Waals surface area (Å²) in [5.74, 6) is 0.917. The number of carbonyl (C=O) groups is 1. The Morgan fingerprint density at radius 2 is 1.76 bits per heavy atom. The summed E-state index contributed by atoms with van der Waals surface area (Å²) in [4.78, 5) is 12.1. The van der Waals surface area contributed by atoms with Gasteiger partial charge >= 0.3 is 0 Å². The van der Waals surface area contributed by atoms with E-state index in [2.05, 4.69) is 36.8 Å². The lowest BCUT2D eigenvalue weighted by atomic mass is 10.1. The van der Waals surface area contributed by atoms with Crippen LogP contribution in [0.15, 0.2) is 65.1 Å². The second-order valence-corrected chi connectivity index (χ2v) is 6.57. The number of carbonyl (C=O) groups excluding carboxylic acids is 1. The monoisotopic (exact) mass is 396 g/mol. The first-order chi connectivity index (χ1) is 12.1. The summed E-state index contributed by atoms with van der Waals surface area (Å²) in [6, 6.07) is 19.1. The number of rotatable bonds is 5. The molecule has 0 saturated carbocycles. The van der Waals surface area contributed by atoms with Crippen LogP contribution in [0.5, 0.6) is 0 Å². The molecule has 0 aliphatic rings. The maximum atomic E-state index is 12.1. The van der Waals surface area contributed by atoms with Crippen LogP contribution in [0.4, 0.5) is 17.3 Å². The highest BCUT2D eigenvalue weighted by Gasteiger charge is 2.06.